The van der Waals surface area contributed by atoms with Crippen molar-refractivity contribution in [2.75, 3.05) is 20.6 Å². The molecule has 0 saturated carbocycles. The number of carbonyl (C=O) groups is 1. The number of carboxylic acids is 1. The first kappa shape index (κ1) is 26.4. The fourth-order valence-corrected chi connectivity index (χ4v) is 3.71. The van der Waals surface area contributed by atoms with E-state index in [1.807, 2.05) is 0 Å². The molecule has 0 spiro atoms. The van der Waals surface area contributed by atoms with E-state index in [0.717, 1.165) is 12.8 Å². The lowest BCUT2D eigenvalue weighted by atomic mass is 10.0. The Labute approximate surface area is 170 Å². The van der Waals surface area contributed by atoms with Gasteiger partial charge in [-0.15, -0.1) is 0 Å². The van der Waals surface area contributed by atoms with Crippen LogP contribution in [0.25, 0.3) is 0 Å². The minimum absolute atomic E-state index is 0.344. The Kier molecular flexibility index (Phi) is 21.3. The van der Waals surface area contributed by atoms with Gasteiger partial charge in [0, 0.05) is 6.42 Å². The van der Waals surface area contributed by atoms with Crippen LogP contribution in [0.3, 0.4) is 0 Å². The van der Waals surface area contributed by atoms with Crippen molar-refractivity contribution in [3.05, 3.63) is 0 Å². The van der Waals surface area contributed by atoms with Gasteiger partial charge in [0.15, 0.2) is 0 Å². The third-order valence-electron chi connectivity index (χ3n) is 5.50. The summed E-state index contributed by atoms with van der Waals surface area (Å²) in [6.07, 6.45) is 26.0. The first-order valence-electron chi connectivity index (χ1n) is 12.0. The summed E-state index contributed by atoms with van der Waals surface area (Å²) in [6.45, 7) is 1.24. The molecule has 0 heterocycles. The normalized spacial score (nSPS) is 11.4. The summed E-state index contributed by atoms with van der Waals surface area (Å²) in [4.78, 5) is 12.7. The van der Waals surface area contributed by atoms with Gasteiger partial charge in [-0.1, -0.05) is 109 Å². The molecule has 0 amide bonds. The van der Waals surface area contributed by atoms with Crippen LogP contribution in [0.5, 0.6) is 0 Å². The van der Waals surface area contributed by atoms with Crippen LogP contribution in [0.4, 0.5) is 0 Å². The summed E-state index contributed by atoms with van der Waals surface area (Å²) in [6, 6.07) is 0. The molecule has 0 aromatic heterocycles. The minimum atomic E-state index is -0.652. The van der Waals surface area contributed by atoms with Crippen LogP contribution in [0.1, 0.15) is 128 Å². The van der Waals surface area contributed by atoms with Gasteiger partial charge in [-0.3, -0.25) is 4.79 Å². The molecule has 27 heavy (non-hydrogen) atoms. The Morgan fingerprint density at radius 3 is 1.04 bits per heavy atom. The number of rotatable bonds is 22. The van der Waals surface area contributed by atoms with Gasteiger partial charge in [0.2, 0.25) is 0 Å². The third-order valence-corrected chi connectivity index (χ3v) is 5.50. The fourth-order valence-electron chi connectivity index (χ4n) is 3.71. The number of nitrogens with zero attached hydrogens (tertiary/aromatic N) is 1. The van der Waals surface area contributed by atoms with Crippen molar-refractivity contribution >= 4 is 5.97 Å². The highest BCUT2D eigenvalue weighted by atomic mass is 16.4. The lowest BCUT2D eigenvalue weighted by Gasteiger charge is -2.08. The SMILES string of the molecule is CN(C)CCCCCCCCCCCCCCCCCCCCCC(=O)O. The maximum absolute atomic E-state index is 10.4. The number of hydrogen-bond donors (Lipinski definition) is 1. The Balaban J connectivity index is 3.00. The lowest BCUT2D eigenvalue weighted by Crippen LogP contribution is -2.12. The summed E-state index contributed by atoms with van der Waals surface area (Å²) < 4.78 is 0. The molecule has 0 bridgehead atoms. The zero-order valence-electron chi connectivity index (χ0n) is 18.7. The van der Waals surface area contributed by atoms with Crippen LogP contribution in [0.2, 0.25) is 0 Å². The molecule has 0 saturated heterocycles. The highest BCUT2D eigenvalue weighted by molar-refractivity contribution is 5.66. The molecular formula is C24H49NO2. The van der Waals surface area contributed by atoms with Crippen molar-refractivity contribution in [2.45, 2.75) is 128 Å². The van der Waals surface area contributed by atoms with Crippen molar-refractivity contribution < 1.29 is 9.90 Å². The second-order valence-corrected chi connectivity index (χ2v) is 8.66. The molecule has 0 rings (SSSR count). The fraction of sp³-hybridized carbons (Fsp3) is 0.958. The molecule has 0 fully saturated rings. The van der Waals surface area contributed by atoms with E-state index in [4.69, 9.17) is 5.11 Å². The Hall–Kier alpha value is -0.570. The van der Waals surface area contributed by atoms with Crippen LogP contribution in [-0.4, -0.2) is 36.6 Å². The molecule has 0 unspecified atom stereocenters. The Morgan fingerprint density at radius 1 is 0.519 bits per heavy atom. The molecule has 1 N–H and O–H groups in total. The first-order chi connectivity index (χ1) is 13.1. The van der Waals surface area contributed by atoms with E-state index < -0.39 is 5.97 Å². The van der Waals surface area contributed by atoms with Crippen molar-refractivity contribution in [2.24, 2.45) is 0 Å². The smallest absolute Gasteiger partial charge is 0.303 e. The zero-order chi connectivity index (χ0) is 20.0. The van der Waals surface area contributed by atoms with Crippen molar-refractivity contribution in [1.82, 2.24) is 4.90 Å². The van der Waals surface area contributed by atoms with Crippen molar-refractivity contribution in [1.29, 1.82) is 0 Å². The van der Waals surface area contributed by atoms with E-state index in [1.54, 1.807) is 0 Å². The quantitative estimate of drug-likeness (QED) is 0.197. The van der Waals surface area contributed by atoms with E-state index >= 15 is 0 Å². The minimum Gasteiger partial charge on any atom is -0.481 e. The van der Waals surface area contributed by atoms with E-state index in [1.165, 1.54) is 116 Å². The van der Waals surface area contributed by atoms with E-state index in [9.17, 15) is 4.79 Å². The van der Waals surface area contributed by atoms with Crippen LogP contribution < -0.4 is 0 Å². The number of unbranched alkanes of at least 4 members (excludes halogenated alkanes) is 18. The third kappa shape index (κ3) is 25.4. The van der Waals surface area contributed by atoms with Gasteiger partial charge in [-0.2, -0.15) is 0 Å². The van der Waals surface area contributed by atoms with E-state index in [0.29, 0.717) is 6.42 Å². The number of aliphatic carboxylic acids is 1. The van der Waals surface area contributed by atoms with Gasteiger partial charge in [-0.05, 0) is 33.5 Å². The highest BCUT2D eigenvalue weighted by Gasteiger charge is 1.97. The molecule has 3 nitrogen and oxygen atoms in total. The largest absolute Gasteiger partial charge is 0.481 e. The summed E-state index contributed by atoms with van der Waals surface area (Å²) in [5, 5.41) is 8.58. The Bertz CT molecular complexity index is 305. The van der Waals surface area contributed by atoms with Gasteiger partial charge in [0.05, 0.1) is 0 Å². The molecule has 0 aromatic carbocycles. The predicted octanol–water partition coefficient (Wildman–Crippen LogP) is 7.43. The molecular weight excluding hydrogens is 334 g/mol. The molecule has 0 radical (unpaired) electrons. The summed E-state index contributed by atoms with van der Waals surface area (Å²) >= 11 is 0. The van der Waals surface area contributed by atoms with Crippen LogP contribution >= 0.6 is 0 Å². The first-order valence-corrected chi connectivity index (χ1v) is 12.0. The molecule has 0 aliphatic rings. The van der Waals surface area contributed by atoms with Crippen LogP contribution in [-0.2, 0) is 4.79 Å². The molecule has 0 aliphatic carbocycles. The summed E-state index contributed by atoms with van der Waals surface area (Å²) in [5.41, 5.74) is 0. The van der Waals surface area contributed by atoms with Gasteiger partial charge in [0.25, 0.3) is 0 Å². The van der Waals surface area contributed by atoms with E-state index in [-0.39, 0.29) is 0 Å². The van der Waals surface area contributed by atoms with Gasteiger partial charge in [-0.25, -0.2) is 0 Å². The van der Waals surface area contributed by atoms with Gasteiger partial charge in [0.1, 0.15) is 0 Å². The van der Waals surface area contributed by atoms with Crippen LogP contribution in [0.15, 0.2) is 0 Å². The van der Waals surface area contributed by atoms with Crippen molar-refractivity contribution in [3.8, 4) is 0 Å². The summed E-state index contributed by atoms with van der Waals surface area (Å²) in [5.74, 6) is -0.652. The molecule has 0 aliphatic heterocycles. The maximum Gasteiger partial charge on any atom is 0.303 e. The van der Waals surface area contributed by atoms with E-state index in [2.05, 4.69) is 19.0 Å². The standard InChI is InChI=1S/C24H49NO2/c1-25(2)23-21-19-17-15-13-11-9-7-5-3-4-6-8-10-12-14-16-18-20-22-24(26)27/h3-23H2,1-2H3,(H,26,27). The van der Waals surface area contributed by atoms with Crippen LogP contribution in [0, 0.1) is 0 Å². The molecule has 3 heteroatoms. The van der Waals surface area contributed by atoms with Gasteiger partial charge < -0.3 is 10.0 Å². The molecule has 162 valence electrons. The Morgan fingerprint density at radius 2 is 0.778 bits per heavy atom. The predicted molar refractivity (Wildman–Crippen MR) is 119 cm³/mol. The van der Waals surface area contributed by atoms with Crippen molar-refractivity contribution in [3.63, 3.8) is 0 Å². The average Bonchev–Trinajstić information content (AvgIpc) is 2.62. The second kappa shape index (κ2) is 21.7. The second-order valence-electron chi connectivity index (χ2n) is 8.66. The number of hydrogen-bond acceptors (Lipinski definition) is 2. The highest BCUT2D eigenvalue weighted by Crippen LogP contribution is 2.14. The van der Waals surface area contributed by atoms with Gasteiger partial charge >= 0.3 is 5.97 Å². The topological polar surface area (TPSA) is 40.5 Å². The zero-order valence-corrected chi connectivity index (χ0v) is 18.7. The summed E-state index contributed by atoms with van der Waals surface area (Å²) in [7, 11) is 4.32. The maximum atomic E-state index is 10.4. The number of carboxylic acid groups (broad SMARTS) is 1. The lowest BCUT2D eigenvalue weighted by molar-refractivity contribution is -0.137. The molecule has 0 aromatic rings. The average molecular weight is 384 g/mol. The monoisotopic (exact) mass is 383 g/mol. The molecule has 0 atom stereocenters.